The summed E-state index contributed by atoms with van der Waals surface area (Å²) in [7, 11) is -2.37. The number of carbonyl (C=O) groups is 1. The van der Waals surface area contributed by atoms with Crippen LogP contribution in [-0.4, -0.2) is 46.5 Å². The highest BCUT2D eigenvalue weighted by Crippen LogP contribution is 2.33. The topological polar surface area (TPSA) is 127 Å². The predicted molar refractivity (Wildman–Crippen MR) is 119 cm³/mol. The van der Waals surface area contributed by atoms with E-state index in [0.29, 0.717) is 35.0 Å². The van der Waals surface area contributed by atoms with E-state index in [1.165, 1.54) is 31.9 Å². The number of benzene rings is 1. The highest BCUT2D eigenvalue weighted by molar-refractivity contribution is 7.93. The number of rotatable bonds is 7. The van der Waals surface area contributed by atoms with Crippen LogP contribution in [0.1, 0.15) is 28.8 Å². The van der Waals surface area contributed by atoms with E-state index in [4.69, 9.17) is 4.74 Å². The molecule has 1 aliphatic rings. The Labute approximate surface area is 192 Å². The van der Waals surface area contributed by atoms with Gasteiger partial charge < -0.3 is 9.72 Å². The molecule has 5 rings (SSSR count). The lowest BCUT2D eigenvalue weighted by Crippen LogP contribution is -2.19. The van der Waals surface area contributed by atoms with Gasteiger partial charge in [-0.2, -0.15) is 0 Å². The standard InChI is InChI=1S/C22H17F2N5O4S/c1-33-22-27-8-12(9-28-22)11-6-14-15(10-26-21(14)25-7-11)20(30)18-16(23)4-5-17(19(18)24)29-34(31,32)13-2-3-13/h4-10,13,29H,2-3H2,1H3,(H,25,26). The molecule has 34 heavy (non-hydrogen) atoms. The van der Waals surface area contributed by atoms with Crippen molar-refractivity contribution in [2.45, 2.75) is 18.1 Å². The van der Waals surface area contributed by atoms with E-state index < -0.39 is 43.9 Å². The monoisotopic (exact) mass is 485 g/mol. The van der Waals surface area contributed by atoms with Crippen LogP contribution in [0, 0.1) is 11.6 Å². The Morgan fingerprint density at radius 1 is 1.12 bits per heavy atom. The summed E-state index contributed by atoms with van der Waals surface area (Å²) in [4.78, 5) is 28.4. The first-order chi connectivity index (χ1) is 16.3. The number of methoxy groups -OCH3 is 1. The number of fused-ring (bicyclic) bond motifs is 1. The van der Waals surface area contributed by atoms with Gasteiger partial charge in [0.25, 0.3) is 0 Å². The summed E-state index contributed by atoms with van der Waals surface area (Å²) in [5.41, 5.74) is 0.104. The Balaban J connectivity index is 1.55. The van der Waals surface area contributed by atoms with Crippen LogP contribution in [0.4, 0.5) is 14.5 Å². The lowest BCUT2D eigenvalue weighted by Gasteiger charge is -2.11. The van der Waals surface area contributed by atoms with Crippen LogP contribution >= 0.6 is 0 Å². The minimum Gasteiger partial charge on any atom is -0.467 e. The molecule has 9 nitrogen and oxygen atoms in total. The predicted octanol–water partition coefficient (Wildman–Crippen LogP) is 3.44. The van der Waals surface area contributed by atoms with Crippen LogP contribution in [-0.2, 0) is 10.0 Å². The van der Waals surface area contributed by atoms with Gasteiger partial charge in [-0.3, -0.25) is 9.52 Å². The average Bonchev–Trinajstić information content (AvgIpc) is 3.61. The molecule has 0 radical (unpaired) electrons. The number of ether oxygens (including phenoxy) is 1. The van der Waals surface area contributed by atoms with Crippen molar-refractivity contribution in [3.8, 4) is 17.1 Å². The second-order valence-corrected chi connectivity index (χ2v) is 9.70. The minimum absolute atomic E-state index is 0.0289. The van der Waals surface area contributed by atoms with Gasteiger partial charge in [-0.05, 0) is 31.0 Å². The van der Waals surface area contributed by atoms with Gasteiger partial charge in [-0.1, -0.05) is 0 Å². The van der Waals surface area contributed by atoms with Crippen molar-refractivity contribution in [2.75, 3.05) is 11.8 Å². The number of pyridine rings is 1. The third-order valence-electron chi connectivity index (χ3n) is 5.45. The molecule has 3 aromatic heterocycles. The van der Waals surface area contributed by atoms with Crippen LogP contribution in [0.3, 0.4) is 0 Å². The molecule has 0 bridgehead atoms. The molecular formula is C22H17F2N5O4S. The molecule has 1 aliphatic carbocycles. The normalized spacial score (nSPS) is 13.7. The second kappa shape index (κ2) is 8.13. The number of nitrogens with one attached hydrogen (secondary N) is 2. The lowest BCUT2D eigenvalue weighted by molar-refractivity contribution is 0.103. The van der Waals surface area contributed by atoms with Crippen molar-refractivity contribution < 1.29 is 26.7 Å². The van der Waals surface area contributed by atoms with Gasteiger partial charge in [0.05, 0.1) is 23.6 Å². The summed E-state index contributed by atoms with van der Waals surface area (Å²) >= 11 is 0. The van der Waals surface area contributed by atoms with Gasteiger partial charge in [0, 0.05) is 46.9 Å². The Bertz CT molecular complexity index is 1530. The number of hydrogen-bond donors (Lipinski definition) is 2. The molecule has 0 atom stereocenters. The zero-order valence-electron chi connectivity index (χ0n) is 17.7. The summed E-state index contributed by atoms with van der Waals surface area (Å²) in [5.74, 6) is -3.35. The number of aromatic nitrogens is 4. The number of ketones is 1. The third-order valence-corrected chi connectivity index (χ3v) is 7.31. The smallest absolute Gasteiger partial charge is 0.316 e. The maximum atomic E-state index is 15.2. The molecule has 0 saturated heterocycles. The van der Waals surface area contributed by atoms with Crippen molar-refractivity contribution in [2.24, 2.45) is 0 Å². The summed E-state index contributed by atoms with van der Waals surface area (Å²) < 4.78 is 61.2. The van der Waals surface area contributed by atoms with E-state index >= 15 is 4.39 Å². The maximum Gasteiger partial charge on any atom is 0.316 e. The first-order valence-electron chi connectivity index (χ1n) is 10.2. The molecule has 0 unspecified atom stereocenters. The number of aromatic amines is 1. The fourth-order valence-electron chi connectivity index (χ4n) is 3.51. The molecule has 1 fully saturated rings. The maximum absolute atomic E-state index is 15.2. The molecule has 1 saturated carbocycles. The van der Waals surface area contributed by atoms with E-state index in [1.807, 2.05) is 0 Å². The number of sulfonamides is 1. The van der Waals surface area contributed by atoms with Gasteiger partial charge >= 0.3 is 6.01 Å². The van der Waals surface area contributed by atoms with Gasteiger partial charge in [0.15, 0.2) is 5.82 Å². The van der Waals surface area contributed by atoms with Crippen LogP contribution in [0.5, 0.6) is 6.01 Å². The van der Waals surface area contributed by atoms with Crippen molar-refractivity contribution in [1.29, 1.82) is 0 Å². The van der Waals surface area contributed by atoms with Gasteiger partial charge in [0.1, 0.15) is 11.5 Å². The van der Waals surface area contributed by atoms with E-state index in [9.17, 15) is 17.6 Å². The first-order valence-corrected chi connectivity index (χ1v) is 11.7. The quantitative estimate of drug-likeness (QED) is 0.384. The molecule has 174 valence electrons. The van der Waals surface area contributed by atoms with Crippen molar-refractivity contribution >= 4 is 32.5 Å². The SMILES string of the molecule is COc1ncc(-c2cnc3[nH]cc(C(=O)c4c(F)ccc(NS(=O)(=O)C5CC5)c4F)c3c2)cn1. The summed E-state index contributed by atoms with van der Waals surface area (Å²) in [6.45, 7) is 0. The summed E-state index contributed by atoms with van der Waals surface area (Å²) in [5, 5.41) is -0.294. The molecule has 3 heterocycles. The number of carbonyl (C=O) groups excluding carboxylic acids is 1. The number of halogens is 2. The lowest BCUT2D eigenvalue weighted by atomic mass is 10.0. The number of nitrogens with zero attached hydrogens (tertiary/aromatic N) is 3. The molecule has 4 aromatic rings. The molecule has 0 amide bonds. The van der Waals surface area contributed by atoms with Gasteiger partial charge in [-0.15, -0.1) is 0 Å². The van der Waals surface area contributed by atoms with Crippen molar-refractivity contribution in [1.82, 2.24) is 19.9 Å². The van der Waals surface area contributed by atoms with Crippen LogP contribution in [0.2, 0.25) is 0 Å². The number of anilines is 1. The minimum atomic E-state index is -3.81. The van der Waals surface area contributed by atoms with Crippen LogP contribution in [0.25, 0.3) is 22.2 Å². The average molecular weight is 485 g/mol. The van der Waals surface area contributed by atoms with Crippen molar-refractivity contribution in [3.63, 3.8) is 0 Å². The molecule has 12 heteroatoms. The van der Waals surface area contributed by atoms with E-state index in [1.54, 1.807) is 6.07 Å². The highest BCUT2D eigenvalue weighted by Gasteiger charge is 2.36. The van der Waals surface area contributed by atoms with Crippen LogP contribution in [0.15, 0.2) is 43.0 Å². The zero-order valence-corrected chi connectivity index (χ0v) is 18.5. The van der Waals surface area contributed by atoms with E-state index in [2.05, 4.69) is 24.7 Å². The molecule has 2 N–H and O–H groups in total. The Morgan fingerprint density at radius 2 is 1.82 bits per heavy atom. The largest absolute Gasteiger partial charge is 0.467 e. The molecular weight excluding hydrogens is 468 g/mol. The third kappa shape index (κ3) is 3.85. The Kier molecular flexibility index (Phi) is 5.24. The first kappa shape index (κ1) is 21.9. The van der Waals surface area contributed by atoms with E-state index in [-0.39, 0.29) is 11.6 Å². The zero-order chi connectivity index (χ0) is 24.0. The van der Waals surface area contributed by atoms with Gasteiger partial charge in [0.2, 0.25) is 15.8 Å². The fraction of sp³-hybridized carbons (Fsp3) is 0.182. The number of H-pyrrole nitrogens is 1. The van der Waals surface area contributed by atoms with Crippen LogP contribution < -0.4 is 9.46 Å². The fourth-order valence-corrected chi connectivity index (χ4v) is 4.90. The highest BCUT2D eigenvalue weighted by atomic mass is 32.2. The molecule has 0 spiro atoms. The molecule has 1 aromatic carbocycles. The number of hydrogen-bond acceptors (Lipinski definition) is 7. The molecule has 0 aliphatic heterocycles. The van der Waals surface area contributed by atoms with Gasteiger partial charge in [-0.25, -0.2) is 32.2 Å². The Hall–Kier alpha value is -3.93. The summed E-state index contributed by atoms with van der Waals surface area (Å²) in [6.07, 6.45) is 6.79. The second-order valence-electron chi connectivity index (χ2n) is 7.74. The Morgan fingerprint density at radius 3 is 2.50 bits per heavy atom. The summed E-state index contributed by atoms with van der Waals surface area (Å²) in [6, 6.07) is 3.61. The van der Waals surface area contributed by atoms with E-state index in [0.717, 1.165) is 12.1 Å². The van der Waals surface area contributed by atoms with Crippen molar-refractivity contribution in [3.05, 3.63) is 65.7 Å².